The van der Waals surface area contributed by atoms with Crippen molar-refractivity contribution in [2.45, 2.75) is 31.7 Å². The fourth-order valence-electron chi connectivity index (χ4n) is 5.20. The number of aliphatic imine (C=N–C) groups is 1. The SMILES string of the molecule is CN=CC(=CN)c1ccc(-c2ccc3ncc4c(c3c2)n(C2CCC(C(=O)O)CC2)c(=O)n4C)cn1. The summed E-state index contributed by atoms with van der Waals surface area (Å²) in [6, 6.07) is 9.83. The second kappa shape index (κ2) is 9.41. The van der Waals surface area contributed by atoms with Gasteiger partial charge < -0.3 is 10.8 Å². The molecule has 1 aliphatic carbocycles. The molecule has 1 aliphatic rings. The number of aromatic nitrogens is 4. The van der Waals surface area contributed by atoms with Crippen LogP contribution in [0, 0.1) is 5.92 Å². The third kappa shape index (κ3) is 3.96. The van der Waals surface area contributed by atoms with Crippen LogP contribution in [0.1, 0.15) is 37.4 Å². The molecule has 9 nitrogen and oxygen atoms in total. The van der Waals surface area contributed by atoms with Crippen molar-refractivity contribution in [3.05, 3.63) is 65.1 Å². The van der Waals surface area contributed by atoms with Gasteiger partial charge >= 0.3 is 11.7 Å². The van der Waals surface area contributed by atoms with Gasteiger partial charge in [0.1, 0.15) is 0 Å². The van der Waals surface area contributed by atoms with E-state index in [-0.39, 0.29) is 17.6 Å². The molecule has 0 aliphatic heterocycles. The minimum atomic E-state index is -0.756. The van der Waals surface area contributed by atoms with E-state index in [0.29, 0.717) is 25.7 Å². The molecular weight excluding hydrogens is 456 g/mol. The van der Waals surface area contributed by atoms with Crippen LogP contribution in [0.5, 0.6) is 0 Å². The number of carboxylic acids is 1. The van der Waals surface area contributed by atoms with Gasteiger partial charge in [0.2, 0.25) is 0 Å². The van der Waals surface area contributed by atoms with Crippen LogP contribution in [-0.2, 0) is 11.8 Å². The summed E-state index contributed by atoms with van der Waals surface area (Å²) in [7, 11) is 3.44. The number of carboxylic acid groups (broad SMARTS) is 1. The van der Waals surface area contributed by atoms with Crippen LogP contribution in [0.2, 0.25) is 0 Å². The molecule has 0 saturated heterocycles. The molecule has 0 radical (unpaired) electrons. The maximum absolute atomic E-state index is 13.3. The van der Waals surface area contributed by atoms with Crippen molar-refractivity contribution in [3.63, 3.8) is 0 Å². The van der Waals surface area contributed by atoms with Crippen molar-refractivity contribution in [2.24, 2.45) is 23.7 Å². The van der Waals surface area contributed by atoms with Gasteiger partial charge in [0, 0.05) is 55.3 Å². The highest BCUT2D eigenvalue weighted by molar-refractivity contribution is 6.09. The van der Waals surface area contributed by atoms with Crippen LogP contribution < -0.4 is 11.4 Å². The van der Waals surface area contributed by atoms with Gasteiger partial charge in [-0.25, -0.2) is 4.79 Å². The summed E-state index contributed by atoms with van der Waals surface area (Å²) in [6.45, 7) is 0. The van der Waals surface area contributed by atoms with Gasteiger partial charge in [0.25, 0.3) is 0 Å². The molecule has 1 fully saturated rings. The Hall–Kier alpha value is -4.27. The molecule has 36 heavy (non-hydrogen) atoms. The fourth-order valence-corrected chi connectivity index (χ4v) is 5.20. The topological polar surface area (TPSA) is 128 Å². The van der Waals surface area contributed by atoms with Crippen molar-refractivity contribution in [1.29, 1.82) is 0 Å². The summed E-state index contributed by atoms with van der Waals surface area (Å²) in [5, 5.41) is 10.3. The number of hydrogen-bond donors (Lipinski definition) is 2. The Morgan fingerprint density at radius 1 is 1.11 bits per heavy atom. The van der Waals surface area contributed by atoms with Crippen LogP contribution in [0.4, 0.5) is 0 Å². The number of carbonyl (C=O) groups is 1. The molecule has 0 unspecified atom stereocenters. The standard InChI is InChI=1S/C27H28N6O3/c1-29-13-19(12-28)22-9-6-18(14-30-22)17-5-10-23-21(11-17)25-24(15-31-23)32(2)27(36)33(25)20-7-3-16(4-8-20)26(34)35/h5-6,9-16,20H,3-4,7-8,28H2,1-2H3,(H,34,35). The number of pyridine rings is 2. The van der Waals surface area contributed by atoms with Gasteiger partial charge in [0.15, 0.2) is 0 Å². The zero-order valence-corrected chi connectivity index (χ0v) is 20.3. The number of nitrogens with two attached hydrogens (primary N) is 1. The Kier molecular flexibility index (Phi) is 6.13. The van der Waals surface area contributed by atoms with Gasteiger partial charge in [0.05, 0.1) is 34.4 Å². The quantitative estimate of drug-likeness (QED) is 0.415. The predicted molar refractivity (Wildman–Crippen MR) is 141 cm³/mol. The Bertz CT molecular complexity index is 1570. The van der Waals surface area contributed by atoms with Gasteiger partial charge in [-0.3, -0.25) is 28.9 Å². The molecule has 9 heteroatoms. The second-order valence-electron chi connectivity index (χ2n) is 9.22. The first-order chi connectivity index (χ1) is 17.4. The van der Waals surface area contributed by atoms with E-state index < -0.39 is 5.97 Å². The number of fused-ring (bicyclic) bond motifs is 3. The highest BCUT2D eigenvalue weighted by atomic mass is 16.4. The van der Waals surface area contributed by atoms with Gasteiger partial charge in [-0.2, -0.15) is 0 Å². The Morgan fingerprint density at radius 2 is 1.86 bits per heavy atom. The first-order valence-electron chi connectivity index (χ1n) is 12.0. The van der Waals surface area contributed by atoms with Crippen molar-refractivity contribution in [2.75, 3.05) is 7.05 Å². The summed E-state index contributed by atoms with van der Waals surface area (Å²) in [4.78, 5) is 37.9. The molecule has 3 aromatic heterocycles. The van der Waals surface area contributed by atoms with Crippen molar-refractivity contribution < 1.29 is 9.90 Å². The summed E-state index contributed by atoms with van der Waals surface area (Å²) >= 11 is 0. The lowest BCUT2D eigenvalue weighted by Crippen LogP contribution is -2.30. The lowest BCUT2D eigenvalue weighted by Gasteiger charge is -2.27. The Labute approximate surface area is 207 Å². The summed E-state index contributed by atoms with van der Waals surface area (Å²) in [5.74, 6) is -1.10. The molecule has 0 atom stereocenters. The monoisotopic (exact) mass is 484 g/mol. The third-order valence-electron chi connectivity index (χ3n) is 7.17. The second-order valence-corrected chi connectivity index (χ2v) is 9.22. The number of hydrogen-bond acceptors (Lipinski definition) is 6. The largest absolute Gasteiger partial charge is 0.481 e. The number of aliphatic carboxylic acids is 1. The van der Waals surface area contributed by atoms with E-state index >= 15 is 0 Å². The van der Waals surface area contributed by atoms with Crippen molar-refractivity contribution in [3.8, 4) is 11.1 Å². The molecule has 5 rings (SSSR count). The molecule has 0 amide bonds. The molecular formula is C27H28N6O3. The van der Waals surface area contributed by atoms with Crippen LogP contribution >= 0.6 is 0 Å². The molecule has 3 N–H and O–H groups in total. The number of nitrogens with zero attached hydrogens (tertiary/aromatic N) is 5. The highest BCUT2D eigenvalue weighted by Crippen LogP contribution is 2.36. The number of rotatable bonds is 5. The van der Waals surface area contributed by atoms with Crippen LogP contribution in [-0.4, -0.2) is 43.4 Å². The molecule has 3 heterocycles. The fraction of sp³-hybridized carbons (Fsp3) is 0.296. The summed E-state index contributed by atoms with van der Waals surface area (Å²) in [5.41, 5.74) is 11.3. The molecule has 0 bridgehead atoms. The minimum Gasteiger partial charge on any atom is -0.481 e. The Morgan fingerprint density at radius 3 is 2.50 bits per heavy atom. The maximum atomic E-state index is 13.3. The van der Waals surface area contributed by atoms with Crippen LogP contribution in [0.3, 0.4) is 0 Å². The van der Waals surface area contributed by atoms with Crippen LogP contribution in [0.25, 0.3) is 38.6 Å². The molecule has 0 spiro atoms. The van der Waals surface area contributed by atoms with Crippen LogP contribution in [0.15, 0.2) is 58.7 Å². The minimum absolute atomic E-state index is 0.0475. The summed E-state index contributed by atoms with van der Waals surface area (Å²) < 4.78 is 3.48. The highest BCUT2D eigenvalue weighted by Gasteiger charge is 2.29. The number of imidazole rings is 1. The van der Waals surface area contributed by atoms with E-state index in [0.717, 1.165) is 44.3 Å². The van der Waals surface area contributed by atoms with E-state index in [2.05, 4.69) is 15.0 Å². The zero-order valence-electron chi connectivity index (χ0n) is 20.3. The number of allylic oxidation sites excluding steroid dienone is 1. The average Bonchev–Trinajstić information content (AvgIpc) is 3.17. The zero-order chi connectivity index (χ0) is 25.4. The normalized spacial score (nSPS) is 18.9. The van der Waals surface area contributed by atoms with E-state index in [9.17, 15) is 14.7 Å². The van der Waals surface area contributed by atoms with Gasteiger partial charge in [-0.05, 0) is 49.4 Å². The average molecular weight is 485 g/mol. The lowest BCUT2D eigenvalue weighted by molar-refractivity contribution is -0.143. The smallest absolute Gasteiger partial charge is 0.329 e. The molecule has 184 valence electrons. The first kappa shape index (κ1) is 23.5. The van der Waals surface area contributed by atoms with Gasteiger partial charge in [-0.15, -0.1) is 0 Å². The van der Waals surface area contributed by atoms with E-state index in [1.807, 2.05) is 34.9 Å². The number of aryl methyl sites for hydroxylation is 1. The van der Waals surface area contributed by atoms with Crippen molar-refractivity contribution >= 4 is 39.7 Å². The third-order valence-corrected chi connectivity index (χ3v) is 7.17. The molecule has 4 aromatic rings. The lowest BCUT2D eigenvalue weighted by atomic mass is 9.86. The van der Waals surface area contributed by atoms with E-state index in [1.54, 1.807) is 37.3 Å². The first-order valence-corrected chi connectivity index (χ1v) is 12.0. The maximum Gasteiger partial charge on any atom is 0.329 e. The predicted octanol–water partition coefficient (Wildman–Crippen LogP) is 3.77. The molecule has 1 aromatic carbocycles. The summed E-state index contributed by atoms with van der Waals surface area (Å²) in [6.07, 6.45) is 9.12. The van der Waals surface area contributed by atoms with Crippen molar-refractivity contribution in [1.82, 2.24) is 19.1 Å². The van der Waals surface area contributed by atoms with E-state index in [1.165, 1.54) is 6.20 Å². The van der Waals surface area contributed by atoms with Gasteiger partial charge in [-0.1, -0.05) is 12.1 Å². The van der Waals surface area contributed by atoms with E-state index in [4.69, 9.17) is 5.73 Å². The molecule has 1 saturated carbocycles. The Balaban J connectivity index is 1.61. The number of benzene rings is 1.